The molecule has 1 fully saturated rings. The molecule has 9 nitrogen and oxygen atoms in total. The maximum absolute atomic E-state index is 13.0. The average molecular weight is 412 g/mol. The van der Waals surface area contributed by atoms with E-state index in [1.807, 2.05) is 30.3 Å². The number of nitrogens with zero attached hydrogens (tertiary/aromatic N) is 5. The molecule has 1 aliphatic rings. The minimum absolute atomic E-state index is 0.163. The van der Waals surface area contributed by atoms with Crippen molar-refractivity contribution in [3.63, 3.8) is 0 Å². The van der Waals surface area contributed by atoms with E-state index < -0.39 is 16.1 Å². The number of anilines is 2. The fourth-order valence-electron chi connectivity index (χ4n) is 3.35. The van der Waals surface area contributed by atoms with E-state index in [1.54, 1.807) is 24.3 Å². The van der Waals surface area contributed by atoms with Gasteiger partial charge in [0.05, 0.1) is 11.4 Å². The number of carbonyl (C=O) groups is 1. The maximum atomic E-state index is 13.0. The van der Waals surface area contributed by atoms with Gasteiger partial charge in [-0.3, -0.25) is 9.10 Å². The standard InChI is InChI=1S/C19H20N6O3S/c26-19(18(24-14-20-22-23-24)15-6-2-1-3-7-15)21-16-8-10-17(11-9-16)25-12-4-5-13-29(25,27)28/h1-3,6-11,14,18H,4-5,12-13H2,(H,21,26)/t18-/m1/s1. The molecule has 0 radical (unpaired) electrons. The van der Waals surface area contributed by atoms with E-state index in [9.17, 15) is 13.2 Å². The van der Waals surface area contributed by atoms with Gasteiger partial charge in [0, 0.05) is 12.2 Å². The van der Waals surface area contributed by atoms with Crippen LogP contribution in [-0.4, -0.2) is 46.8 Å². The van der Waals surface area contributed by atoms with E-state index in [0.717, 1.165) is 12.0 Å². The maximum Gasteiger partial charge on any atom is 0.253 e. The summed E-state index contributed by atoms with van der Waals surface area (Å²) in [6.07, 6.45) is 2.91. The molecule has 1 aromatic heterocycles. The number of sulfonamides is 1. The molecule has 0 bridgehead atoms. The van der Waals surface area contributed by atoms with Crippen LogP contribution in [0.4, 0.5) is 11.4 Å². The van der Waals surface area contributed by atoms with Crippen molar-refractivity contribution in [1.82, 2.24) is 20.2 Å². The van der Waals surface area contributed by atoms with Crippen LogP contribution in [0.25, 0.3) is 0 Å². The molecule has 2 heterocycles. The molecule has 29 heavy (non-hydrogen) atoms. The van der Waals surface area contributed by atoms with E-state index >= 15 is 0 Å². The molecule has 4 rings (SSSR count). The summed E-state index contributed by atoms with van der Waals surface area (Å²) in [6, 6.07) is 15.3. The highest BCUT2D eigenvalue weighted by atomic mass is 32.2. The normalized spacial score (nSPS) is 16.9. The Kier molecular flexibility index (Phi) is 5.26. The lowest BCUT2D eigenvalue weighted by molar-refractivity contribution is -0.118. The Morgan fingerprint density at radius 3 is 2.45 bits per heavy atom. The summed E-state index contributed by atoms with van der Waals surface area (Å²) in [5.74, 6) is -0.141. The first-order chi connectivity index (χ1) is 14.0. The van der Waals surface area contributed by atoms with Gasteiger partial charge in [0.25, 0.3) is 5.91 Å². The molecule has 10 heteroatoms. The first-order valence-electron chi connectivity index (χ1n) is 9.23. The van der Waals surface area contributed by atoms with Crippen LogP contribution in [0, 0.1) is 0 Å². The van der Waals surface area contributed by atoms with Gasteiger partial charge in [0.15, 0.2) is 6.04 Å². The number of aromatic nitrogens is 4. The Balaban J connectivity index is 1.54. The van der Waals surface area contributed by atoms with Gasteiger partial charge in [-0.2, -0.15) is 0 Å². The van der Waals surface area contributed by atoms with Crippen molar-refractivity contribution in [2.24, 2.45) is 0 Å². The molecule has 3 aromatic rings. The van der Waals surface area contributed by atoms with Crippen LogP contribution < -0.4 is 9.62 Å². The Morgan fingerprint density at radius 1 is 1.03 bits per heavy atom. The number of hydrogen-bond acceptors (Lipinski definition) is 6. The van der Waals surface area contributed by atoms with Gasteiger partial charge in [-0.25, -0.2) is 13.1 Å². The first kappa shape index (κ1) is 19.1. The minimum atomic E-state index is -3.27. The third kappa shape index (κ3) is 4.11. The second-order valence-corrected chi connectivity index (χ2v) is 8.75. The fraction of sp³-hybridized carbons (Fsp3) is 0.263. The Morgan fingerprint density at radius 2 is 1.79 bits per heavy atom. The summed E-state index contributed by atoms with van der Waals surface area (Å²) < 4.78 is 27.3. The van der Waals surface area contributed by atoms with Crippen molar-refractivity contribution >= 4 is 27.3 Å². The molecule has 1 saturated heterocycles. The van der Waals surface area contributed by atoms with E-state index in [1.165, 1.54) is 15.3 Å². The van der Waals surface area contributed by atoms with Crippen molar-refractivity contribution in [3.8, 4) is 0 Å². The van der Waals surface area contributed by atoms with Crippen LogP contribution in [0.5, 0.6) is 0 Å². The van der Waals surface area contributed by atoms with Gasteiger partial charge in [-0.1, -0.05) is 30.3 Å². The highest BCUT2D eigenvalue weighted by molar-refractivity contribution is 7.92. The molecule has 0 saturated carbocycles. The van der Waals surface area contributed by atoms with Crippen LogP contribution in [0.2, 0.25) is 0 Å². The number of hydrogen-bond donors (Lipinski definition) is 1. The predicted octanol–water partition coefficient (Wildman–Crippen LogP) is 1.83. The lowest BCUT2D eigenvalue weighted by Gasteiger charge is -2.28. The third-order valence-corrected chi connectivity index (χ3v) is 6.63. The second kappa shape index (κ2) is 8.00. The van der Waals surface area contributed by atoms with Gasteiger partial charge < -0.3 is 5.32 Å². The summed E-state index contributed by atoms with van der Waals surface area (Å²) in [4.78, 5) is 13.0. The molecule has 0 aliphatic carbocycles. The SMILES string of the molecule is O=C(Nc1ccc(N2CCCCS2(=O)=O)cc1)[C@@H](c1ccccc1)n1cnnn1. The topological polar surface area (TPSA) is 110 Å². The number of rotatable bonds is 5. The molecule has 1 N–H and O–H groups in total. The summed E-state index contributed by atoms with van der Waals surface area (Å²) in [5, 5.41) is 14.0. The highest BCUT2D eigenvalue weighted by Gasteiger charge is 2.26. The van der Waals surface area contributed by atoms with Crippen molar-refractivity contribution < 1.29 is 13.2 Å². The summed E-state index contributed by atoms with van der Waals surface area (Å²) in [7, 11) is -3.27. The van der Waals surface area contributed by atoms with Crippen LogP contribution >= 0.6 is 0 Å². The minimum Gasteiger partial charge on any atom is -0.324 e. The number of nitrogens with one attached hydrogen (secondary N) is 1. The van der Waals surface area contributed by atoms with E-state index in [0.29, 0.717) is 24.3 Å². The van der Waals surface area contributed by atoms with E-state index in [4.69, 9.17) is 0 Å². The van der Waals surface area contributed by atoms with Gasteiger partial charge >= 0.3 is 0 Å². The Hall–Kier alpha value is -3.27. The molecule has 150 valence electrons. The summed E-state index contributed by atoms with van der Waals surface area (Å²) in [5.41, 5.74) is 1.90. The zero-order chi connectivity index (χ0) is 20.3. The Bertz CT molecular complexity index is 1070. The van der Waals surface area contributed by atoms with Crippen LogP contribution in [0.3, 0.4) is 0 Å². The molecular weight excluding hydrogens is 392 g/mol. The van der Waals surface area contributed by atoms with Gasteiger partial charge in [-0.15, -0.1) is 5.10 Å². The Labute approximate surface area is 168 Å². The summed E-state index contributed by atoms with van der Waals surface area (Å²) >= 11 is 0. The lowest BCUT2D eigenvalue weighted by Crippen LogP contribution is -2.37. The predicted molar refractivity (Wildman–Crippen MR) is 108 cm³/mol. The summed E-state index contributed by atoms with van der Waals surface area (Å²) in [6.45, 7) is 0.476. The quantitative estimate of drug-likeness (QED) is 0.685. The van der Waals surface area contributed by atoms with Crippen LogP contribution in [-0.2, 0) is 14.8 Å². The molecule has 2 aromatic carbocycles. The number of benzene rings is 2. The van der Waals surface area contributed by atoms with Crippen LogP contribution in [0.1, 0.15) is 24.4 Å². The third-order valence-electron chi connectivity index (χ3n) is 4.77. The molecule has 0 spiro atoms. The number of carbonyl (C=O) groups excluding carboxylic acids is 1. The zero-order valence-corrected chi connectivity index (χ0v) is 16.4. The molecule has 1 atom stereocenters. The van der Waals surface area contributed by atoms with Crippen LogP contribution in [0.15, 0.2) is 60.9 Å². The zero-order valence-electron chi connectivity index (χ0n) is 15.5. The van der Waals surface area contributed by atoms with Crippen molar-refractivity contribution in [2.45, 2.75) is 18.9 Å². The van der Waals surface area contributed by atoms with Crippen molar-refractivity contribution in [1.29, 1.82) is 0 Å². The molecule has 0 unspecified atom stereocenters. The van der Waals surface area contributed by atoms with E-state index in [-0.39, 0.29) is 11.7 Å². The largest absolute Gasteiger partial charge is 0.324 e. The average Bonchev–Trinajstić information content (AvgIpc) is 3.24. The second-order valence-electron chi connectivity index (χ2n) is 6.73. The van der Waals surface area contributed by atoms with Gasteiger partial charge in [0.2, 0.25) is 10.0 Å². The fourth-order valence-corrected chi connectivity index (χ4v) is 4.99. The van der Waals surface area contributed by atoms with Gasteiger partial charge in [0.1, 0.15) is 6.33 Å². The van der Waals surface area contributed by atoms with Crippen molar-refractivity contribution in [2.75, 3.05) is 21.9 Å². The number of tetrazole rings is 1. The number of amides is 1. The highest BCUT2D eigenvalue weighted by Crippen LogP contribution is 2.26. The lowest BCUT2D eigenvalue weighted by atomic mass is 10.1. The molecular formula is C19H20N6O3S. The smallest absolute Gasteiger partial charge is 0.253 e. The van der Waals surface area contributed by atoms with Gasteiger partial charge in [-0.05, 0) is 53.1 Å². The monoisotopic (exact) mass is 412 g/mol. The molecule has 1 amide bonds. The molecule has 1 aliphatic heterocycles. The first-order valence-corrected chi connectivity index (χ1v) is 10.8. The van der Waals surface area contributed by atoms with Crippen molar-refractivity contribution in [3.05, 3.63) is 66.5 Å². The van der Waals surface area contributed by atoms with E-state index in [2.05, 4.69) is 20.8 Å².